The fraction of sp³-hybridized carbons (Fsp3) is 0.250. The molecule has 4 aromatic rings. The summed E-state index contributed by atoms with van der Waals surface area (Å²) >= 11 is 6.09. The van der Waals surface area contributed by atoms with E-state index in [9.17, 15) is 4.39 Å². The summed E-state index contributed by atoms with van der Waals surface area (Å²) in [4.78, 5) is 6.69. The maximum absolute atomic E-state index is 14.5. The molecule has 0 aliphatic carbocycles. The SMILES string of the molecule is COc1ccc(F)c(CN(CCCCNc2ccnc3cc(Cl)ccc23)Cc2ccccc2)c1. The summed E-state index contributed by atoms with van der Waals surface area (Å²) in [7, 11) is 1.60. The van der Waals surface area contributed by atoms with E-state index in [1.165, 1.54) is 11.6 Å². The van der Waals surface area contributed by atoms with Gasteiger partial charge in [0.1, 0.15) is 11.6 Å². The van der Waals surface area contributed by atoms with Crippen molar-refractivity contribution in [1.82, 2.24) is 9.88 Å². The second-order valence-electron chi connectivity index (χ2n) is 8.31. The molecule has 176 valence electrons. The minimum absolute atomic E-state index is 0.204. The topological polar surface area (TPSA) is 37.4 Å². The van der Waals surface area contributed by atoms with Gasteiger partial charge >= 0.3 is 0 Å². The molecule has 0 amide bonds. The number of ether oxygens (including phenoxy) is 1. The molecule has 0 saturated carbocycles. The Bertz CT molecular complexity index is 1220. The highest BCUT2D eigenvalue weighted by Gasteiger charge is 2.12. The number of benzene rings is 3. The lowest BCUT2D eigenvalue weighted by molar-refractivity contribution is 0.248. The lowest BCUT2D eigenvalue weighted by Gasteiger charge is -2.23. The lowest BCUT2D eigenvalue weighted by atomic mass is 10.1. The molecule has 0 aliphatic heterocycles. The van der Waals surface area contributed by atoms with Crippen molar-refractivity contribution >= 4 is 28.2 Å². The molecule has 6 heteroatoms. The number of rotatable bonds is 11. The fourth-order valence-corrected chi connectivity index (χ4v) is 4.22. The summed E-state index contributed by atoms with van der Waals surface area (Å²) in [5.41, 5.74) is 3.80. The molecule has 0 radical (unpaired) electrons. The van der Waals surface area contributed by atoms with Crippen LogP contribution in [0.3, 0.4) is 0 Å². The largest absolute Gasteiger partial charge is 0.497 e. The molecule has 4 rings (SSSR count). The van der Waals surface area contributed by atoms with E-state index in [1.54, 1.807) is 25.4 Å². The average Bonchev–Trinajstić information content (AvgIpc) is 2.85. The smallest absolute Gasteiger partial charge is 0.127 e. The van der Waals surface area contributed by atoms with E-state index in [4.69, 9.17) is 16.3 Å². The highest BCUT2D eigenvalue weighted by molar-refractivity contribution is 6.31. The minimum Gasteiger partial charge on any atom is -0.497 e. The molecule has 34 heavy (non-hydrogen) atoms. The van der Waals surface area contributed by atoms with Crippen molar-refractivity contribution < 1.29 is 9.13 Å². The first-order valence-corrected chi connectivity index (χ1v) is 11.9. The minimum atomic E-state index is -0.204. The van der Waals surface area contributed by atoms with E-state index in [2.05, 4.69) is 27.3 Å². The molecule has 0 atom stereocenters. The lowest BCUT2D eigenvalue weighted by Crippen LogP contribution is -2.25. The highest BCUT2D eigenvalue weighted by atomic mass is 35.5. The van der Waals surface area contributed by atoms with Crippen LogP contribution in [0.2, 0.25) is 5.02 Å². The van der Waals surface area contributed by atoms with Crippen LogP contribution < -0.4 is 10.1 Å². The number of pyridine rings is 1. The molecule has 3 aromatic carbocycles. The maximum atomic E-state index is 14.5. The quantitative estimate of drug-likeness (QED) is 0.238. The zero-order chi connectivity index (χ0) is 23.8. The number of halogens is 2. The Morgan fingerprint density at radius 2 is 1.82 bits per heavy atom. The molecule has 1 heterocycles. The third kappa shape index (κ3) is 6.46. The molecular weight excluding hydrogens is 449 g/mol. The van der Waals surface area contributed by atoms with E-state index in [1.807, 2.05) is 42.5 Å². The first-order chi connectivity index (χ1) is 16.6. The van der Waals surface area contributed by atoms with Gasteiger partial charge in [0.05, 0.1) is 12.6 Å². The van der Waals surface area contributed by atoms with Crippen molar-refractivity contribution in [3.63, 3.8) is 0 Å². The number of fused-ring (bicyclic) bond motifs is 1. The first kappa shape index (κ1) is 24.0. The summed E-state index contributed by atoms with van der Waals surface area (Å²) in [6, 6.07) is 23.0. The van der Waals surface area contributed by atoms with Crippen LogP contribution in [0.5, 0.6) is 5.75 Å². The van der Waals surface area contributed by atoms with E-state index >= 15 is 0 Å². The Morgan fingerprint density at radius 3 is 2.65 bits per heavy atom. The van der Waals surface area contributed by atoms with Gasteiger partial charge in [0, 0.05) is 47.5 Å². The highest BCUT2D eigenvalue weighted by Crippen LogP contribution is 2.24. The standard InChI is InChI=1S/C28H29ClFN3O/c1-34-24-10-12-26(30)22(17-24)20-33(19-21-7-3-2-4-8-21)16-6-5-14-31-27-13-15-32-28-18-23(29)9-11-25(27)28/h2-4,7-13,15,17-18H,5-6,14,16,19-20H2,1H3,(H,31,32). The summed E-state index contributed by atoms with van der Waals surface area (Å²) in [6.45, 7) is 3.00. The number of methoxy groups -OCH3 is 1. The molecule has 0 aliphatic rings. The van der Waals surface area contributed by atoms with Gasteiger partial charge in [-0.1, -0.05) is 41.9 Å². The third-order valence-corrected chi connectivity index (χ3v) is 6.05. The maximum Gasteiger partial charge on any atom is 0.127 e. The number of aromatic nitrogens is 1. The van der Waals surface area contributed by atoms with Gasteiger partial charge in [0.25, 0.3) is 0 Å². The Kier molecular flexibility index (Phi) is 8.34. The first-order valence-electron chi connectivity index (χ1n) is 11.5. The van der Waals surface area contributed by atoms with Crippen molar-refractivity contribution in [2.75, 3.05) is 25.5 Å². The van der Waals surface area contributed by atoms with Gasteiger partial charge in [-0.25, -0.2) is 4.39 Å². The van der Waals surface area contributed by atoms with Crippen molar-refractivity contribution in [2.24, 2.45) is 0 Å². The molecule has 1 N–H and O–H groups in total. The van der Waals surface area contributed by atoms with E-state index in [0.717, 1.165) is 49.1 Å². The molecule has 1 aromatic heterocycles. The average molecular weight is 478 g/mol. The van der Waals surface area contributed by atoms with Gasteiger partial charge in [-0.3, -0.25) is 9.88 Å². The van der Waals surface area contributed by atoms with Crippen LogP contribution in [0.4, 0.5) is 10.1 Å². The molecule has 0 saturated heterocycles. The number of hydrogen-bond donors (Lipinski definition) is 1. The van der Waals surface area contributed by atoms with Gasteiger partial charge < -0.3 is 10.1 Å². The van der Waals surface area contributed by atoms with Crippen molar-refractivity contribution in [3.8, 4) is 5.75 Å². The Labute approximate surface area is 205 Å². The van der Waals surface area contributed by atoms with Gasteiger partial charge in [-0.2, -0.15) is 0 Å². The van der Waals surface area contributed by atoms with E-state index < -0.39 is 0 Å². The zero-order valence-corrected chi connectivity index (χ0v) is 20.1. The number of hydrogen-bond acceptors (Lipinski definition) is 4. The fourth-order valence-electron chi connectivity index (χ4n) is 4.05. The monoisotopic (exact) mass is 477 g/mol. The van der Waals surface area contributed by atoms with Crippen LogP contribution in [0.1, 0.15) is 24.0 Å². The van der Waals surface area contributed by atoms with Crippen LogP contribution in [0.25, 0.3) is 10.9 Å². The van der Waals surface area contributed by atoms with E-state index in [0.29, 0.717) is 22.9 Å². The van der Waals surface area contributed by atoms with Crippen LogP contribution in [-0.4, -0.2) is 30.1 Å². The summed E-state index contributed by atoms with van der Waals surface area (Å²) in [6.07, 6.45) is 3.77. The molecule has 0 spiro atoms. The Morgan fingerprint density at radius 1 is 0.971 bits per heavy atom. The third-order valence-electron chi connectivity index (χ3n) is 5.82. The van der Waals surface area contributed by atoms with E-state index in [-0.39, 0.29) is 5.82 Å². The van der Waals surface area contributed by atoms with Crippen LogP contribution in [0, 0.1) is 5.82 Å². The summed E-state index contributed by atoms with van der Waals surface area (Å²) in [5.74, 6) is 0.469. The summed E-state index contributed by atoms with van der Waals surface area (Å²) < 4.78 is 19.8. The second-order valence-corrected chi connectivity index (χ2v) is 8.74. The number of unbranched alkanes of at least 4 members (excludes halogenated alkanes) is 1. The normalized spacial score (nSPS) is 11.2. The molecular formula is C28H29ClFN3O. The van der Waals surface area contributed by atoms with Crippen molar-refractivity contribution in [2.45, 2.75) is 25.9 Å². The van der Waals surface area contributed by atoms with Gasteiger partial charge in [-0.15, -0.1) is 0 Å². The summed E-state index contributed by atoms with van der Waals surface area (Å²) in [5, 5.41) is 5.27. The Hall–Kier alpha value is -3.15. The molecule has 4 nitrogen and oxygen atoms in total. The van der Waals surface area contributed by atoms with Gasteiger partial charge in [0.2, 0.25) is 0 Å². The number of nitrogens with one attached hydrogen (secondary N) is 1. The molecule has 0 fully saturated rings. The number of nitrogens with zero attached hydrogens (tertiary/aromatic N) is 2. The molecule has 0 bridgehead atoms. The number of anilines is 1. The predicted molar refractivity (Wildman–Crippen MR) is 138 cm³/mol. The van der Waals surface area contributed by atoms with Gasteiger partial charge in [0.15, 0.2) is 0 Å². The van der Waals surface area contributed by atoms with Crippen LogP contribution in [0.15, 0.2) is 79.0 Å². The van der Waals surface area contributed by atoms with Crippen LogP contribution >= 0.6 is 11.6 Å². The zero-order valence-electron chi connectivity index (χ0n) is 19.3. The van der Waals surface area contributed by atoms with Crippen molar-refractivity contribution in [3.05, 3.63) is 101 Å². The Balaban J connectivity index is 1.36. The van der Waals surface area contributed by atoms with Gasteiger partial charge in [-0.05, 0) is 67.4 Å². The second kappa shape index (κ2) is 11.8. The molecule has 0 unspecified atom stereocenters. The van der Waals surface area contributed by atoms with Crippen LogP contribution in [-0.2, 0) is 13.1 Å². The predicted octanol–water partition coefficient (Wildman–Crippen LogP) is 6.93. The van der Waals surface area contributed by atoms with Crippen molar-refractivity contribution in [1.29, 1.82) is 0 Å².